The summed E-state index contributed by atoms with van der Waals surface area (Å²) in [4.78, 5) is 11.2. The summed E-state index contributed by atoms with van der Waals surface area (Å²) in [5.74, 6) is 0. The van der Waals surface area contributed by atoms with Gasteiger partial charge in [-0.05, 0) is 0 Å². The fourth-order valence-electron chi connectivity index (χ4n) is 2.95. The van der Waals surface area contributed by atoms with Crippen LogP contribution in [-0.4, -0.2) is 121 Å². The largest absolute Gasteiger partial charge is 0.394 e. The zero-order valence-corrected chi connectivity index (χ0v) is 13.9. The fourth-order valence-corrected chi connectivity index (χ4v) is 2.95. The zero-order valence-electron chi connectivity index (χ0n) is 13.9. The van der Waals surface area contributed by atoms with E-state index in [1.54, 1.807) is 0 Å². The molecule has 14 heteroatoms. The van der Waals surface area contributed by atoms with Gasteiger partial charge in [-0.1, -0.05) is 0 Å². The van der Waals surface area contributed by atoms with Gasteiger partial charge in [-0.15, -0.1) is 0 Å². The highest BCUT2D eigenvalue weighted by Crippen LogP contribution is 2.32. The first-order valence-corrected chi connectivity index (χ1v) is 7.94. The first-order valence-electron chi connectivity index (χ1n) is 7.94. The molecule has 2 unspecified atom stereocenters. The van der Waals surface area contributed by atoms with Crippen molar-refractivity contribution in [2.75, 3.05) is 13.2 Å². The second-order valence-electron chi connectivity index (χ2n) is 6.28. The highest BCUT2D eigenvalue weighted by Gasteiger charge is 2.56. The van der Waals surface area contributed by atoms with Crippen molar-refractivity contribution in [3.63, 3.8) is 0 Å². The number of amides is 2. The molecule has 0 saturated carbocycles. The topological polar surface area (TPSA) is 245 Å². The van der Waals surface area contributed by atoms with Crippen molar-refractivity contribution in [2.24, 2.45) is 5.73 Å². The molecular weight excluding hydrogens is 376 g/mol. The van der Waals surface area contributed by atoms with Crippen LogP contribution in [0.2, 0.25) is 0 Å². The molecule has 14 nitrogen and oxygen atoms in total. The van der Waals surface area contributed by atoms with Gasteiger partial charge in [0, 0.05) is 0 Å². The summed E-state index contributed by atoms with van der Waals surface area (Å²) in [5.41, 5.74) is 2.61. The van der Waals surface area contributed by atoms with E-state index in [2.05, 4.69) is 0 Å². The number of hydrogen-bond acceptors (Lipinski definition) is 12. The number of hydrogen-bond donors (Lipinski definition) is 10. The Labute approximate surface area is 152 Å². The van der Waals surface area contributed by atoms with Crippen LogP contribution < -0.4 is 11.1 Å². The lowest BCUT2D eigenvalue weighted by atomic mass is 9.93. The van der Waals surface area contributed by atoms with Gasteiger partial charge < -0.3 is 66.1 Å². The first-order chi connectivity index (χ1) is 12.6. The van der Waals surface area contributed by atoms with E-state index >= 15 is 0 Å². The van der Waals surface area contributed by atoms with Crippen LogP contribution in [0.3, 0.4) is 0 Å². The number of primary amides is 1. The number of carbonyl (C=O) groups is 1. The van der Waals surface area contributed by atoms with E-state index in [1.165, 1.54) is 0 Å². The lowest BCUT2D eigenvalue weighted by molar-refractivity contribution is -0.378. The molecule has 11 N–H and O–H groups in total. The predicted molar refractivity (Wildman–Crippen MR) is 80.3 cm³/mol. The number of rotatable bonds is 5. The third-order valence-electron chi connectivity index (χ3n) is 4.46. The Bertz CT molecular complexity index is 524. The molecule has 0 spiro atoms. The standard InChI is InChI=1S/C13H24N2O12/c14-12(24)15-13(2-17)9(22)5(19)7(21)11(27-13)26-8-3(1-16)25-10(23)6(20)4(8)18/h3-11,16-23H,1-2H2,(H3,14,15,24)/t3-,4-,5-,6?,7-,8-,9-,10?,11-,13-/m1/s1. The Morgan fingerprint density at radius 1 is 1.04 bits per heavy atom. The van der Waals surface area contributed by atoms with Crippen LogP contribution in [0.4, 0.5) is 4.79 Å². The highest BCUT2D eigenvalue weighted by atomic mass is 16.7. The molecule has 2 heterocycles. The third kappa shape index (κ3) is 4.15. The number of aliphatic hydroxyl groups excluding tert-OH is 8. The molecular formula is C13H24N2O12. The van der Waals surface area contributed by atoms with E-state index in [1.807, 2.05) is 5.32 Å². The van der Waals surface area contributed by atoms with Crippen LogP contribution in [0.1, 0.15) is 0 Å². The smallest absolute Gasteiger partial charge is 0.314 e. The van der Waals surface area contributed by atoms with Crippen LogP contribution >= 0.6 is 0 Å². The molecule has 2 aliphatic heterocycles. The fraction of sp³-hybridized carbons (Fsp3) is 0.923. The van der Waals surface area contributed by atoms with Crippen LogP contribution in [0.5, 0.6) is 0 Å². The van der Waals surface area contributed by atoms with E-state index < -0.39 is 80.3 Å². The van der Waals surface area contributed by atoms with Crippen LogP contribution in [-0.2, 0) is 14.2 Å². The molecule has 0 aliphatic carbocycles. The Kier molecular flexibility index (Phi) is 6.93. The van der Waals surface area contributed by atoms with Crippen molar-refractivity contribution in [3.8, 4) is 0 Å². The lowest BCUT2D eigenvalue weighted by Gasteiger charge is -2.49. The summed E-state index contributed by atoms with van der Waals surface area (Å²) in [7, 11) is 0. The number of nitrogens with two attached hydrogens (primary N) is 1. The van der Waals surface area contributed by atoms with Crippen LogP contribution in [0, 0.1) is 0 Å². The van der Waals surface area contributed by atoms with Gasteiger partial charge in [-0.2, -0.15) is 0 Å². The van der Waals surface area contributed by atoms with E-state index in [9.17, 15) is 45.6 Å². The van der Waals surface area contributed by atoms with Crippen molar-refractivity contribution in [3.05, 3.63) is 0 Å². The molecule has 2 aliphatic rings. The predicted octanol–water partition coefficient (Wildman–Crippen LogP) is -6.40. The number of aliphatic hydroxyl groups is 8. The summed E-state index contributed by atoms with van der Waals surface area (Å²) in [6, 6.07) is -1.24. The molecule has 0 radical (unpaired) electrons. The lowest BCUT2D eigenvalue weighted by Crippen LogP contribution is -2.74. The van der Waals surface area contributed by atoms with Gasteiger partial charge in [-0.25, -0.2) is 4.79 Å². The Hall–Kier alpha value is -1.17. The molecule has 2 rings (SSSR count). The van der Waals surface area contributed by atoms with E-state index in [4.69, 9.17) is 19.9 Å². The summed E-state index contributed by atoms with van der Waals surface area (Å²) >= 11 is 0. The normalized spacial score (nSPS) is 48.2. The van der Waals surface area contributed by atoms with Crippen LogP contribution in [0.25, 0.3) is 0 Å². The Balaban J connectivity index is 2.26. The van der Waals surface area contributed by atoms with Crippen molar-refractivity contribution in [1.29, 1.82) is 0 Å². The second-order valence-corrected chi connectivity index (χ2v) is 6.28. The minimum Gasteiger partial charge on any atom is -0.394 e. The van der Waals surface area contributed by atoms with Gasteiger partial charge in [0.05, 0.1) is 13.2 Å². The molecule has 27 heavy (non-hydrogen) atoms. The number of carbonyl (C=O) groups excluding carboxylic acids is 1. The molecule has 2 amide bonds. The summed E-state index contributed by atoms with van der Waals surface area (Å²) in [6.07, 6.45) is -16.2. The molecule has 2 saturated heterocycles. The van der Waals surface area contributed by atoms with E-state index in [-0.39, 0.29) is 0 Å². The molecule has 0 aromatic rings. The molecule has 10 atom stereocenters. The molecule has 0 bridgehead atoms. The zero-order chi connectivity index (χ0) is 20.5. The quantitative estimate of drug-likeness (QED) is 0.207. The Morgan fingerprint density at radius 2 is 1.67 bits per heavy atom. The maximum absolute atomic E-state index is 11.2. The summed E-state index contributed by atoms with van der Waals surface area (Å²) in [5, 5.41) is 80.1. The summed E-state index contributed by atoms with van der Waals surface area (Å²) in [6.45, 7) is -1.86. The monoisotopic (exact) mass is 400 g/mol. The maximum atomic E-state index is 11.2. The van der Waals surface area contributed by atoms with Gasteiger partial charge in [-0.3, -0.25) is 0 Å². The Morgan fingerprint density at radius 3 is 2.19 bits per heavy atom. The SMILES string of the molecule is NC(=O)N[C@]1(CO)O[C@@H](O[C@H]2[C@H](O)C(O)C(O)O[C@@H]2CO)[C@H](O)[C@@H](O)[C@H]1O. The minimum absolute atomic E-state index is 0.774. The van der Waals surface area contributed by atoms with Crippen LogP contribution in [0.15, 0.2) is 0 Å². The van der Waals surface area contributed by atoms with Crippen molar-refractivity contribution in [2.45, 2.75) is 61.0 Å². The van der Waals surface area contributed by atoms with Gasteiger partial charge in [0.1, 0.15) is 42.7 Å². The van der Waals surface area contributed by atoms with Gasteiger partial charge >= 0.3 is 6.03 Å². The summed E-state index contributed by atoms with van der Waals surface area (Å²) < 4.78 is 15.4. The second kappa shape index (κ2) is 8.46. The van der Waals surface area contributed by atoms with E-state index in [0.29, 0.717) is 0 Å². The molecule has 0 aromatic heterocycles. The van der Waals surface area contributed by atoms with Gasteiger partial charge in [0.15, 0.2) is 18.3 Å². The number of urea groups is 1. The minimum atomic E-state index is -2.36. The number of nitrogens with one attached hydrogen (secondary N) is 1. The molecule has 0 aromatic carbocycles. The van der Waals surface area contributed by atoms with Crippen molar-refractivity contribution >= 4 is 6.03 Å². The number of ether oxygens (including phenoxy) is 3. The van der Waals surface area contributed by atoms with Gasteiger partial charge in [0.25, 0.3) is 0 Å². The third-order valence-corrected chi connectivity index (χ3v) is 4.46. The van der Waals surface area contributed by atoms with E-state index in [0.717, 1.165) is 0 Å². The molecule has 2 fully saturated rings. The highest BCUT2D eigenvalue weighted by molar-refractivity contribution is 5.72. The molecule has 158 valence electrons. The average molecular weight is 400 g/mol. The average Bonchev–Trinajstić information content (AvgIpc) is 2.63. The van der Waals surface area contributed by atoms with Crippen molar-refractivity contribution in [1.82, 2.24) is 5.32 Å². The van der Waals surface area contributed by atoms with Gasteiger partial charge in [0.2, 0.25) is 0 Å². The van der Waals surface area contributed by atoms with Crippen molar-refractivity contribution < 1.29 is 59.9 Å². The first kappa shape index (κ1) is 22.1. The maximum Gasteiger partial charge on any atom is 0.314 e.